The largest absolute Gasteiger partial charge is 0.510 e. The fourth-order valence-corrected chi connectivity index (χ4v) is 8.34. The number of nitrogens with two attached hydrogens (primary N) is 2. The highest BCUT2D eigenvalue weighted by atomic mass is 31.2. The number of esters is 1. The van der Waals surface area contributed by atoms with Crippen LogP contribution >= 0.6 is 15.1 Å². The van der Waals surface area contributed by atoms with Gasteiger partial charge in [0.15, 0.2) is 22.9 Å². The van der Waals surface area contributed by atoms with Crippen LogP contribution in [0.4, 0.5) is 21.2 Å². The van der Waals surface area contributed by atoms with Crippen molar-refractivity contribution in [1.29, 1.82) is 0 Å². The summed E-state index contributed by atoms with van der Waals surface area (Å²) in [6.45, 7) is 14.2. The molecule has 374 valence electrons. The number of ether oxygens (including phenoxy) is 7. The predicted molar refractivity (Wildman–Crippen MR) is 244 cm³/mol. The number of nitrogens with zero attached hydrogens (tertiary/aromatic N) is 8. The van der Waals surface area contributed by atoms with Gasteiger partial charge in [0, 0.05) is 0 Å². The molecule has 1 aromatic carbocycles. The van der Waals surface area contributed by atoms with Gasteiger partial charge in [0.2, 0.25) is 13.6 Å². The number of rotatable bonds is 24. The van der Waals surface area contributed by atoms with E-state index < -0.39 is 77.7 Å². The molecule has 0 aliphatic carbocycles. The standard InChI is InChI=1S/C21H29N6O5P.C19H30N5O10P/c1-14(2)31-21(28)16(4)26-33(29,32-17-8-6-5-7-9-17)13-30-15(3)10-27-12-25-18-19(22)23-11-24-20(18)27;1-12(2)33-18(25)28-9-31-35(27,32-10-29-19(26)34-13(3)4)11-30-14(5)6-24-8-23-15-16(20)21-7-22-17(15)24/h5-9,11-12,14-16H,10,13H2,1-4H3,(H,26,29)(H2,22,23,24);7-8,12-14H,6,9-11H2,1-5H3,(H2,20,21,22)/t15-,16+,33+;14-/m11/s1. The first-order valence-corrected chi connectivity index (χ1v) is 24.6. The fourth-order valence-electron chi connectivity index (χ4n) is 5.47. The Morgan fingerprint density at radius 1 is 0.632 bits per heavy atom. The Morgan fingerprint density at radius 2 is 1.09 bits per heavy atom. The zero-order valence-electron chi connectivity index (χ0n) is 39.2. The Hall–Kier alpha value is -6.01. The van der Waals surface area contributed by atoms with Gasteiger partial charge in [-0.2, -0.15) is 0 Å². The van der Waals surface area contributed by atoms with E-state index in [0.717, 1.165) is 0 Å². The van der Waals surface area contributed by atoms with Gasteiger partial charge in [-0.1, -0.05) is 18.2 Å². The van der Waals surface area contributed by atoms with Crippen LogP contribution in [0.1, 0.15) is 62.3 Å². The van der Waals surface area contributed by atoms with Crippen molar-refractivity contribution in [2.45, 2.75) is 112 Å². The molecule has 4 aromatic heterocycles. The molecule has 0 bridgehead atoms. The summed E-state index contributed by atoms with van der Waals surface area (Å²) >= 11 is 0. The number of carbonyl (C=O) groups excluding carboxylic acids is 3. The van der Waals surface area contributed by atoms with Crippen molar-refractivity contribution < 1.29 is 70.2 Å². The second-order valence-corrected chi connectivity index (χ2v) is 19.6. The molecular weight excluding hydrogens is 936 g/mol. The average Bonchev–Trinajstić information content (AvgIpc) is 3.87. The normalized spacial score (nSPS) is 13.9. The molecule has 0 fully saturated rings. The molecule has 5 N–H and O–H groups in total. The lowest BCUT2D eigenvalue weighted by molar-refractivity contribution is -0.149. The third-order valence-corrected chi connectivity index (χ3v) is 11.7. The number of benzene rings is 1. The SMILES string of the molecule is CC(C)OC(=O)OCOP(=O)(CO[C@H](C)Cn1cnc2c(N)ncnc21)OCOC(=O)OC(C)C.CC(C)OC(=O)[C@H](C)N[P@](=O)(CO[C@H](C)Cn1cnc2c(N)ncnc21)Oc1ccccc1. The van der Waals surface area contributed by atoms with E-state index in [1.807, 2.05) is 13.0 Å². The minimum atomic E-state index is -4.06. The molecule has 0 spiro atoms. The summed E-state index contributed by atoms with van der Waals surface area (Å²) < 4.78 is 81.9. The Labute approximate surface area is 392 Å². The number of hydrogen-bond donors (Lipinski definition) is 3. The summed E-state index contributed by atoms with van der Waals surface area (Å²) in [5.41, 5.74) is 13.6. The highest BCUT2D eigenvalue weighted by Crippen LogP contribution is 2.48. The van der Waals surface area contributed by atoms with Gasteiger partial charge in [0.05, 0.1) is 56.3 Å². The van der Waals surface area contributed by atoms with Crippen LogP contribution in [0.25, 0.3) is 22.3 Å². The van der Waals surface area contributed by atoms with Crippen LogP contribution in [0.3, 0.4) is 0 Å². The zero-order valence-corrected chi connectivity index (χ0v) is 40.9. The third kappa shape index (κ3) is 17.9. The number of nitrogen functional groups attached to an aromatic ring is 2. The average molecular weight is 996 g/mol. The first-order chi connectivity index (χ1) is 32.2. The number of imidazole rings is 2. The molecular formula is C40H59N11O15P2. The van der Waals surface area contributed by atoms with E-state index in [9.17, 15) is 23.5 Å². The second kappa shape index (κ2) is 25.9. The van der Waals surface area contributed by atoms with Gasteiger partial charge in [0.25, 0.3) is 0 Å². The summed E-state index contributed by atoms with van der Waals surface area (Å²) in [6, 6.07) is 7.83. The minimum absolute atomic E-state index is 0.237. The Balaban J connectivity index is 0.000000297. The van der Waals surface area contributed by atoms with Gasteiger partial charge in [-0.05, 0) is 74.4 Å². The number of para-hydroxylation sites is 1. The maximum absolute atomic E-state index is 13.6. The molecule has 68 heavy (non-hydrogen) atoms. The van der Waals surface area contributed by atoms with Crippen LogP contribution in [-0.4, -0.2) is 120 Å². The summed E-state index contributed by atoms with van der Waals surface area (Å²) in [4.78, 5) is 59.9. The maximum Gasteiger partial charge on any atom is 0.510 e. The van der Waals surface area contributed by atoms with Crippen molar-refractivity contribution in [2.24, 2.45) is 0 Å². The van der Waals surface area contributed by atoms with E-state index in [1.165, 1.54) is 19.0 Å². The number of hydrogen-bond acceptors (Lipinski definition) is 23. The quantitative estimate of drug-likeness (QED) is 0.0276. The van der Waals surface area contributed by atoms with Gasteiger partial charge in [-0.15, -0.1) is 0 Å². The van der Waals surface area contributed by atoms with Gasteiger partial charge in [-0.25, -0.2) is 44.6 Å². The third-order valence-electron chi connectivity index (χ3n) is 8.42. The zero-order chi connectivity index (χ0) is 50.0. The van der Waals surface area contributed by atoms with Crippen LogP contribution in [-0.2, 0) is 69.2 Å². The smallest absolute Gasteiger partial charge is 0.462 e. The minimum Gasteiger partial charge on any atom is -0.462 e. The molecule has 4 atom stereocenters. The highest BCUT2D eigenvalue weighted by molar-refractivity contribution is 7.57. The molecule has 0 amide bonds. The first-order valence-electron chi connectivity index (χ1n) is 21.1. The summed E-state index contributed by atoms with van der Waals surface area (Å²) in [6.07, 6.45) is 0.875. The van der Waals surface area contributed by atoms with Crippen LogP contribution in [0, 0.1) is 0 Å². The van der Waals surface area contributed by atoms with Crippen molar-refractivity contribution in [3.05, 3.63) is 55.6 Å². The lowest BCUT2D eigenvalue weighted by Crippen LogP contribution is -2.37. The molecule has 0 saturated carbocycles. The number of aromatic nitrogens is 8. The van der Waals surface area contributed by atoms with E-state index >= 15 is 0 Å². The van der Waals surface area contributed by atoms with Crippen molar-refractivity contribution >= 4 is 67.4 Å². The summed E-state index contributed by atoms with van der Waals surface area (Å²) in [5.74, 6) is 0.388. The van der Waals surface area contributed by atoms with Gasteiger partial charge in [0.1, 0.15) is 48.2 Å². The molecule has 4 heterocycles. The molecule has 0 saturated heterocycles. The predicted octanol–water partition coefficient (Wildman–Crippen LogP) is 6.01. The molecule has 0 aliphatic heterocycles. The van der Waals surface area contributed by atoms with Crippen LogP contribution in [0.15, 0.2) is 55.6 Å². The first kappa shape index (κ1) is 54.6. The van der Waals surface area contributed by atoms with Crippen LogP contribution in [0.2, 0.25) is 0 Å². The molecule has 0 aliphatic rings. The topological polar surface area (TPSA) is 329 Å². The highest BCUT2D eigenvalue weighted by Gasteiger charge is 2.32. The number of fused-ring (bicyclic) bond motifs is 2. The van der Waals surface area contributed by atoms with Gasteiger partial charge < -0.3 is 58.3 Å². The van der Waals surface area contributed by atoms with E-state index in [-0.39, 0.29) is 30.9 Å². The lowest BCUT2D eigenvalue weighted by Gasteiger charge is -2.25. The van der Waals surface area contributed by atoms with Crippen LogP contribution < -0.4 is 21.1 Å². The van der Waals surface area contributed by atoms with Crippen molar-refractivity contribution in [2.75, 3.05) is 37.7 Å². The van der Waals surface area contributed by atoms with Gasteiger partial charge >= 0.3 is 33.4 Å². The Kier molecular flexibility index (Phi) is 20.8. The molecule has 0 unspecified atom stereocenters. The van der Waals surface area contributed by atoms with E-state index in [2.05, 4.69) is 35.0 Å². The van der Waals surface area contributed by atoms with Crippen molar-refractivity contribution in [3.8, 4) is 5.75 Å². The molecule has 5 rings (SSSR count). The molecule has 26 nitrogen and oxygen atoms in total. The van der Waals surface area contributed by atoms with Crippen molar-refractivity contribution in [1.82, 2.24) is 44.1 Å². The Morgan fingerprint density at radius 3 is 1.54 bits per heavy atom. The van der Waals surface area contributed by atoms with Crippen molar-refractivity contribution in [3.63, 3.8) is 0 Å². The Bertz CT molecular complexity index is 2460. The number of nitrogens with one attached hydrogen (secondary N) is 1. The lowest BCUT2D eigenvalue weighted by atomic mass is 10.3. The van der Waals surface area contributed by atoms with E-state index in [0.29, 0.717) is 40.4 Å². The van der Waals surface area contributed by atoms with E-state index in [4.69, 9.17) is 58.2 Å². The monoisotopic (exact) mass is 995 g/mol. The second-order valence-electron chi connectivity index (χ2n) is 15.5. The molecule has 0 radical (unpaired) electrons. The maximum atomic E-state index is 13.6. The fraction of sp³-hybridized carbons (Fsp3) is 0.525. The summed E-state index contributed by atoms with van der Waals surface area (Å²) in [7, 11) is -7.70. The summed E-state index contributed by atoms with van der Waals surface area (Å²) in [5, 5.41) is 2.78. The number of anilines is 2. The number of carbonyl (C=O) groups is 3. The molecule has 28 heteroatoms. The molecule has 5 aromatic rings. The van der Waals surface area contributed by atoms with Gasteiger partial charge in [-0.3, -0.25) is 23.0 Å². The van der Waals surface area contributed by atoms with Crippen LogP contribution in [0.5, 0.6) is 5.75 Å². The van der Waals surface area contributed by atoms with E-state index in [1.54, 1.807) is 95.1 Å².